The van der Waals surface area contributed by atoms with Gasteiger partial charge in [0.15, 0.2) is 17.3 Å². The van der Waals surface area contributed by atoms with Gasteiger partial charge in [-0.3, -0.25) is 4.79 Å². The van der Waals surface area contributed by atoms with Gasteiger partial charge in [-0.05, 0) is 49.1 Å². The van der Waals surface area contributed by atoms with Crippen LogP contribution >= 0.6 is 0 Å². The van der Waals surface area contributed by atoms with Crippen LogP contribution in [-0.4, -0.2) is 19.6 Å². The summed E-state index contributed by atoms with van der Waals surface area (Å²) in [6.07, 6.45) is 5.42. The van der Waals surface area contributed by atoms with Crippen LogP contribution in [0, 0.1) is 18.6 Å². The number of H-pyrrole nitrogens is 1. The highest BCUT2D eigenvalue weighted by Crippen LogP contribution is 2.38. The highest BCUT2D eigenvalue weighted by molar-refractivity contribution is 5.83. The molecule has 5 rings (SSSR count). The highest BCUT2D eigenvalue weighted by Gasteiger charge is 2.28. The maximum Gasteiger partial charge on any atom is 0.248 e. The predicted octanol–water partition coefficient (Wildman–Crippen LogP) is 4.02. The summed E-state index contributed by atoms with van der Waals surface area (Å²) in [5.41, 5.74) is 3.77. The first-order valence-corrected chi connectivity index (χ1v) is 9.36. The number of halogens is 2. The zero-order chi connectivity index (χ0) is 19.4. The van der Waals surface area contributed by atoms with Gasteiger partial charge in [0.25, 0.3) is 0 Å². The van der Waals surface area contributed by atoms with Gasteiger partial charge in [-0.25, -0.2) is 18.3 Å². The van der Waals surface area contributed by atoms with Crippen molar-refractivity contribution in [1.82, 2.24) is 19.6 Å². The molecule has 3 aromatic heterocycles. The molecule has 1 fully saturated rings. The van der Waals surface area contributed by atoms with Crippen LogP contribution in [0.25, 0.3) is 16.6 Å². The second kappa shape index (κ2) is 6.22. The Morgan fingerprint density at radius 1 is 1.25 bits per heavy atom. The summed E-state index contributed by atoms with van der Waals surface area (Å²) in [6.45, 7) is 1.99. The summed E-state index contributed by atoms with van der Waals surface area (Å²) in [4.78, 5) is 19.4. The molecule has 142 valence electrons. The number of fused-ring (bicyclic) bond motifs is 2. The number of hydrogen-bond acceptors (Lipinski definition) is 3. The Bertz CT molecular complexity index is 1290. The summed E-state index contributed by atoms with van der Waals surface area (Å²) in [5.74, 6) is -1.65. The number of aromatic nitrogens is 4. The molecule has 0 aliphatic heterocycles. The summed E-state index contributed by atoms with van der Waals surface area (Å²) in [5, 5.41) is 4.95. The number of aromatic amines is 1. The molecule has 0 amide bonds. The van der Waals surface area contributed by atoms with Crippen LogP contribution in [-0.2, 0) is 6.42 Å². The first-order chi connectivity index (χ1) is 13.5. The van der Waals surface area contributed by atoms with Crippen LogP contribution < -0.4 is 5.56 Å². The van der Waals surface area contributed by atoms with Gasteiger partial charge in [0.05, 0.1) is 16.9 Å². The molecule has 28 heavy (non-hydrogen) atoms. The normalized spacial score (nSPS) is 14.7. The van der Waals surface area contributed by atoms with E-state index in [0.29, 0.717) is 23.3 Å². The van der Waals surface area contributed by atoms with Crippen LogP contribution in [0.4, 0.5) is 8.78 Å². The fourth-order valence-corrected chi connectivity index (χ4v) is 3.96. The van der Waals surface area contributed by atoms with E-state index in [4.69, 9.17) is 4.98 Å². The molecule has 1 aromatic carbocycles. The number of aryl methyl sites for hydroxylation is 1. The third-order valence-corrected chi connectivity index (χ3v) is 5.68. The van der Waals surface area contributed by atoms with Crippen molar-refractivity contribution < 1.29 is 8.78 Å². The zero-order valence-electron chi connectivity index (χ0n) is 15.3. The topological polar surface area (TPSA) is 63.1 Å². The second-order valence-corrected chi connectivity index (χ2v) is 7.44. The lowest BCUT2D eigenvalue weighted by atomic mass is 9.81. The molecule has 3 heterocycles. The molecule has 0 spiro atoms. The van der Waals surface area contributed by atoms with Crippen molar-refractivity contribution in [2.24, 2.45) is 0 Å². The van der Waals surface area contributed by atoms with E-state index in [1.54, 1.807) is 6.20 Å². The zero-order valence-corrected chi connectivity index (χ0v) is 15.3. The van der Waals surface area contributed by atoms with Gasteiger partial charge in [-0.1, -0.05) is 6.42 Å². The molecule has 0 radical (unpaired) electrons. The number of nitrogens with one attached hydrogen (secondary N) is 1. The van der Waals surface area contributed by atoms with E-state index < -0.39 is 17.2 Å². The van der Waals surface area contributed by atoms with Crippen molar-refractivity contribution in [1.29, 1.82) is 0 Å². The van der Waals surface area contributed by atoms with E-state index in [1.807, 2.05) is 17.5 Å². The van der Waals surface area contributed by atoms with Crippen LogP contribution in [0.1, 0.15) is 47.7 Å². The highest BCUT2D eigenvalue weighted by atomic mass is 19.2. The van der Waals surface area contributed by atoms with Gasteiger partial charge in [0.2, 0.25) is 5.56 Å². The molecule has 0 unspecified atom stereocenters. The minimum atomic E-state index is -1.04. The van der Waals surface area contributed by atoms with Gasteiger partial charge in [-0.2, -0.15) is 5.10 Å². The maximum atomic E-state index is 14.2. The lowest BCUT2D eigenvalue weighted by Gasteiger charge is -2.24. The first kappa shape index (κ1) is 17.0. The van der Waals surface area contributed by atoms with E-state index in [0.717, 1.165) is 41.5 Å². The van der Waals surface area contributed by atoms with Crippen LogP contribution in [0.2, 0.25) is 0 Å². The van der Waals surface area contributed by atoms with Crippen LogP contribution in [0.15, 0.2) is 35.3 Å². The number of nitrogens with zero attached hydrogens (tertiary/aromatic N) is 3. The Balaban J connectivity index is 1.74. The number of hydrogen-bond donors (Lipinski definition) is 1. The molecule has 1 N–H and O–H groups in total. The molecular weight excluding hydrogens is 362 g/mol. The molecule has 5 nitrogen and oxygen atoms in total. The molecular formula is C21H18F2N4O. The lowest BCUT2D eigenvalue weighted by Crippen LogP contribution is -2.14. The van der Waals surface area contributed by atoms with E-state index in [-0.39, 0.29) is 5.52 Å². The molecule has 0 saturated heterocycles. The van der Waals surface area contributed by atoms with Gasteiger partial charge in [-0.15, -0.1) is 0 Å². The van der Waals surface area contributed by atoms with Gasteiger partial charge in [0, 0.05) is 30.0 Å². The Morgan fingerprint density at radius 2 is 2.07 bits per heavy atom. The fourth-order valence-electron chi connectivity index (χ4n) is 3.96. The quantitative estimate of drug-likeness (QED) is 0.584. The summed E-state index contributed by atoms with van der Waals surface area (Å²) < 4.78 is 29.7. The van der Waals surface area contributed by atoms with E-state index >= 15 is 0 Å². The molecule has 1 aliphatic rings. The van der Waals surface area contributed by atoms with Crippen LogP contribution in [0.3, 0.4) is 0 Å². The van der Waals surface area contributed by atoms with Crippen molar-refractivity contribution >= 4 is 16.6 Å². The minimum Gasteiger partial charge on any atom is -0.319 e. The first-order valence-electron chi connectivity index (χ1n) is 9.36. The van der Waals surface area contributed by atoms with Crippen molar-refractivity contribution in [3.8, 4) is 0 Å². The number of pyridine rings is 1. The van der Waals surface area contributed by atoms with Crippen molar-refractivity contribution in [2.75, 3.05) is 0 Å². The minimum absolute atomic E-state index is 0.106. The van der Waals surface area contributed by atoms with Crippen molar-refractivity contribution in [2.45, 2.75) is 38.5 Å². The SMILES string of the molecule is Cc1ccnn2c(Cc3cc(=O)[nH]c4c(F)c(F)ccc34)c(C3CCC3)nc12. The Morgan fingerprint density at radius 3 is 2.82 bits per heavy atom. The van der Waals surface area contributed by atoms with Crippen molar-refractivity contribution in [3.63, 3.8) is 0 Å². The lowest BCUT2D eigenvalue weighted by molar-refractivity contribution is 0.410. The molecule has 7 heteroatoms. The average Bonchev–Trinajstić information content (AvgIpc) is 2.97. The van der Waals surface area contributed by atoms with Gasteiger partial charge in [0.1, 0.15) is 0 Å². The average molecular weight is 380 g/mol. The Hall–Kier alpha value is -3.09. The molecule has 4 aromatic rings. The predicted molar refractivity (Wildman–Crippen MR) is 102 cm³/mol. The van der Waals surface area contributed by atoms with Gasteiger partial charge < -0.3 is 4.98 Å². The molecule has 1 saturated carbocycles. The third-order valence-electron chi connectivity index (χ3n) is 5.68. The van der Waals surface area contributed by atoms with Crippen LogP contribution in [0.5, 0.6) is 0 Å². The Labute approximate surface area is 159 Å². The molecule has 0 atom stereocenters. The molecule has 0 bridgehead atoms. The van der Waals surface area contributed by atoms with E-state index in [2.05, 4.69) is 10.1 Å². The Kier molecular flexibility index (Phi) is 3.79. The molecule has 1 aliphatic carbocycles. The monoisotopic (exact) mass is 380 g/mol. The van der Waals surface area contributed by atoms with Crippen molar-refractivity contribution in [3.05, 3.63) is 75.0 Å². The summed E-state index contributed by atoms with van der Waals surface area (Å²) in [6, 6.07) is 5.95. The largest absolute Gasteiger partial charge is 0.319 e. The van der Waals surface area contributed by atoms with E-state index in [1.165, 1.54) is 18.6 Å². The van der Waals surface area contributed by atoms with E-state index in [9.17, 15) is 13.6 Å². The summed E-state index contributed by atoms with van der Waals surface area (Å²) >= 11 is 0. The number of imidazole rings is 1. The smallest absolute Gasteiger partial charge is 0.248 e. The standard InChI is InChI=1S/C21H18F2N4O/c1-11-7-8-24-27-16(19(26-21(11)27)12-3-2-4-12)9-13-10-17(28)25-20-14(13)5-6-15(22)18(20)23/h5-8,10,12H,2-4,9H2,1H3,(H,25,28). The number of benzene rings is 1. The maximum absolute atomic E-state index is 14.2. The third kappa shape index (κ3) is 2.53. The second-order valence-electron chi connectivity index (χ2n) is 7.44. The summed E-state index contributed by atoms with van der Waals surface area (Å²) in [7, 11) is 0. The van der Waals surface area contributed by atoms with Gasteiger partial charge >= 0.3 is 0 Å². The fraction of sp³-hybridized carbons (Fsp3) is 0.286. The number of rotatable bonds is 3.